The quantitative estimate of drug-likeness (QED) is 0.570. The maximum Gasteiger partial charge on any atom is 0.308 e. The van der Waals surface area contributed by atoms with E-state index in [1.165, 1.54) is 0 Å². The van der Waals surface area contributed by atoms with Gasteiger partial charge in [0.25, 0.3) is 6.43 Å². The van der Waals surface area contributed by atoms with E-state index in [0.717, 1.165) is 0 Å². The molecule has 5 heteroatoms. The number of carbonyl (C=O) groups excluding carboxylic acids is 1. The molecule has 0 spiro atoms. The summed E-state index contributed by atoms with van der Waals surface area (Å²) < 4.78 is 28.4. The summed E-state index contributed by atoms with van der Waals surface area (Å²) in [7, 11) is 0. The van der Waals surface area contributed by atoms with Crippen molar-refractivity contribution in [3.8, 4) is 0 Å². The summed E-state index contributed by atoms with van der Waals surface area (Å²) >= 11 is 0. The van der Waals surface area contributed by atoms with Crippen LogP contribution in [-0.4, -0.2) is 29.7 Å². The average molecular weight is 166 g/mol. The van der Waals surface area contributed by atoms with Gasteiger partial charge in [0.05, 0.1) is 13.0 Å². The monoisotopic (exact) mass is 166 g/mol. The summed E-state index contributed by atoms with van der Waals surface area (Å²) in [4.78, 5) is 10.5. The standard InChI is InChI=1S/C6H8F2O3/c7-5(8)6(10)1-2-11-4(9)3-6/h5,10H,1-3H2/t6-/m1/s1. The molecule has 0 amide bonds. The molecule has 0 aromatic carbocycles. The molecule has 0 radical (unpaired) electrons. The molecular formula is C6H8F2O3. The van der Waals surface area contributed by atoms with E-state index >= 15 is 0 Å². The lowest BCUT2D eigenvalue weighted by atomic mass is 9.95. The molecule has 1 atom stereocenters. The molecule has 0 unspecified atom stereocenters. The molecule has 1 N–H and O–H groups in total. The third-order valence-electron chi connectivity index (χ3n) is 1.65. The highest BCUT2D eigenvalue weighted by atomic mass is 19.3. The van der Waals surface area contributed by atoms with Gasteiger partial charge in [0.1, 0.15) is 5.60 Å². The van der Waals surface area contributed by atoms with Crippen LogP contribution in [0, 0.1) is 0 Å². The fourth-order valence-electron chi connectivity index (χ4n) is 0.917. The van der Waals surface area contributed by atoms with Crippen molar-refractivity contribution in [1.82, 2.24) is 0 Å². The van der Waals surface area contributed by atoms with Gasteiger partial charge in [0.2, 0.25) is 0 Å². The molecule has 0 aliphatic carbocycles. The van der Waals surface area contributed by atoms with Crippen LogP contribution >= 0.6 is 0 Å². The summed E-state index contributed by atoms with van der Waals surface area (Å²) in [5, 5.41) is 9.07. The van der Waals surface area contributed by atoms with Crippen LogP contribution in [0.25, 0.3) is 0 Å². The molecule has 1 aliphatic rings. The molecule has 0 saturated carbocycles. The zero-order valence-corrected chi connectivity index (χ0v) is 5.72. The Morgan fingerprint density at radius 2 is 2.27 bits per heavy atom. The van der Waals surface area contributed by atoms with Gasteiger partial charge in [0, 0.05) is 6.42 Å². The summed E-state index contributed by atoms with van der Waals surface area (Å²) in [6, 6.07) is 0. The zero-order chi connectivity index (χ0) is 8.48. The summed E-state index contributed by atoms with van der Waals surface area (Å²) in [6.07, 6.45) is -3.67. The van der Waals surface area contributed by atoms with E-state index in [2.05, 4.69) is 4.74 Å². The molecule has 0 bridgehead atoms. The lowest BCUT2D eigenvalue weighted by Gasteiger charge is -2.29. The van der Waals surface area contributed by atoms with Crippen LogP contribution in [0.1, 0.15) is 12.8 Å². The van der Waals surface area contributed by atoms with E-state index in [1.54, 1.807) is 0 Å². The lowest BCUT2D eigenvalue weighted by Crippen LogP contribution is -2.44. The minimum absolute atomic E-state index is 0.125. The van der Waals surface area contributed by atoms with Gasteiger partial charge in [-0.25, -0.2) is 8.78 Å². The van der Waals surface area contributed by atoms with E-state index in [9.17, 15) is 13.6 Å². The molecule has 1 rings (SSSR count). The number of aliphatic hydroxyl groups is 1. The molecule has 0 aromatic rings. The van der Waals surface area contributed by atoms with E-state index in [4.69, 9.17) is 5.11 Å². The molecule has 64 valence electrons. The Morgan fingerprint density at radius 3 is 2.64 bits per heavy atom. The Kier molecular flexibility index (Phi) is 2.08. The summed E-state index contributed by atoms with van der Waals surface area (Å²) in [6.45, 7) is -0.125. The van der Waals surface area contributed by atoms with E-state index < -0.39 is 24.4 Å². The van der Waals surface area contributed by atoms with Crippen molar-refractivity contribution in [3.05, 3.63) is 0 Å². The minimum Gasteiger partial charge on any atom is -0.465 e. The molecule has 1 saturated heterocycles. The average Bonchev–Trinajstić information content (AvgIpc) is 1.86. The second kappa shape index (κ2) is 2.73. The first kappa shape index (κ1) is 8.39. The highest BCUT2D eigenvalue weighted by molar-refractivity contribution is 5.71. The first-order valence-electron chi connectivity index (χ1n) is 3.21. The van der Waals surface area contributed by atoms with Crippen molar-refractivity contribution in [2.45, 2.75) is 24.9 Å². The number of halogens is 2. The van der Waals surface area contributed by atoms with Crippen molar-refractivity contribution in [1.29, 1.82) is 0 Å². The van der Waals surface area contributed by atoms with Crippen molar-refractivity contribution in [2.75, 3.05) is 6.61 Å². The minimum atomic E-state index is -2.88. The Labute approximate surface area is 62.0 Å². The predicted octanol–water partition coefficient (Wildman–Crippen LogP) is 0.320. The molecular weight excluding hydrogens is 158 g/mol. The number of carbonyl (C=O) groups is 1. The van der Waals surface area contributed by atoms with Crippen molar-refractivity contribution >= 4 is 5.97 Å². The van der Waals surface area contributed by atoms with Gasteiger partial charge in [-0.2, -0.15) is 0 Å². The van der Waals surface area contributed by atoms with Crippen molar-refractivity contribution in [3.63, 3.8) is 0 Å². The Hall–Kier alpha value is -0.710. The third-order valence-corrected chi connectivity index (χ3v) is 1.65. The number of hydrogen-bond acceptors (Lipinski definition) is 3. The topological polar surface area (TPSA) is 46.5 Å². The number of ether oxygens (including phenoxy) is 1. The molecule has 11 heavy (non-hydrogen) atoms. The van der Waals surface area contributed by atoms with Gasteiger partial charge in [0.15, 0.2) is 0 Å². The van der Waals surface area contributed by atoms with Crippen molar-refractivity contribution < 1.29 is 23.4 Å². The van der Waals surface area contributed by atoms with Crippen LogP contribution in [0.5, 0.6) is 0 Å². The fraction of sp³-hybridized carbons (Fsp3) is 0.833. The van der Waals surface area contributed by atoms with Crippen molar-refractivity contribution in [2.24, 2.45) is 0 Å². The molecule has 3 nitrogen and oxygen atoms in total. The zero-order valence-electron chi connectivity index (χ0n) is 5.72. The third kappa shape index (κ3) is 1.65. The van der Waals surface area contributed by atoms with E-state index in [-0.39, 0.29) is 13.0 Å². The first-order valence-corrected chi connectivity index (χ1v) is 3.21. The van der Waals surface area contributed by atoms with Crippen LogP contribution in [0.4, 0.5) is 8.78 Å². The van der Waals surface area contributed by atoms with Crippen LogP contribution < -0.4 is 0 Å². The van der Waals surface area contributed by atoms with E-state index in [0.29, 0.717) is 0 Å². The van der Waals surface area contributed by atoms with Gasteiger partial charge >= 0.3 is 5.97 Å². The number of esters is 1. The molecule has 0 aromatic heterocycles. The number of hydrogen-bond donors (Lipinski definition) is 1. The highest BCUT2D eigenvalue weighted by Gasteiger charge is 2.43. The van der Waals surface area contributed by atoms with Crippen LogP contribution in [0.15, 0.2) is 0 Å². The van der Waals surface area contributed by atoms with Gasteiger partial charge in [-0.1, -0.05) is 0 Å². The van der Waals surface area contributed by atoms with Gasteiger partial charge in [-0.15, -0.1) is 0 Å². The normalized spacial score (nSPS) is 32.2. The molecule has 1 aliphatic heterocycles. The number of cyclic esters (lactones) is 1. The Bertz CT molecular complexity index is 171. The van der Waals surface area contributed by atoms with Gasteiger partial charge < -0.3 is 9.84 Å². The lowest BCUT2D eigenvalue weighted by molar-refractivity contribution is -0.176. The summed E-state index contributed by atoms with van der Waals surface area (Å²) in [5.41, 5.74) is -2.16. The second-order valence-electron chi connectivity index (χ2n) is 2.55. The smallest absolute Gasteiger partial charge is 0.308 e. The van der Waals surface area contributed by atoms with Crippen LogP contribution in [0.2, 0.25) is 0 Å². The Morgan fingerprint density at radius 1 is 1.64 bits per heavy atom. The highest BCUT2D eigenvalue weighted by Crippen LogP contribution is 2.27. The largest absolute Gasteiger partial charge is 0.465 e. The summed E-state index contributed by atoms with van der Waals surface area (Å²) in [5.74, 6) is -0.765. The second-order valence-corrected chi connectivity index (χ2v) is 2.55. The van der Waals surface area contributed by atoms with Crippen LogP contribution in [-0.2, 0) is 9.53 Å². The number of alkyl halides is 2. The maximum absolute atomic E-state index is 12.0. The predicted molar refractivity (Wildman–Crippen MR) is 31.1 cm³/mol. The van der Waals surface area contributed by atoms with Gasteiger partial charge in [-0.3, -0.25) is 4.79 Å². The Balaban J connectivity index is 2.62. The first-order chi connectivity index (χ1) is 5.04. The SMILES string of the molecule is O=C1C[C@@](O)(C(F)F)CCO1. The van der Waals surface area contributed by atoms with E-state index in [1.807, 2.05) is 0 Å². The van der Waals surface area contributed by atoms with Crippen LogP contribution in [0.3, 0.4) is 0 Å². The molecule has 1 fully saturated rings. The van der Waals surface area contributed by atoms with Gasteiger partial charge in [-0.05, 0) is 0 Å². The number of rotatable bonds is 1. The fourth-order valence-corrected chi connectivity index (χ4v) is 0.917. The molecule has 1 heterocycles. The maximum atomic E-state index is 12.0.